The highest BCUT2D eigenvalue weighted by atomic mass is 16.6. The first-order valence-corrected chi connectivity index (χ1v) is 7.13. The zero-order valence-electron chi connectivity index (χ0n) is 14.2. The standard InChI is InChI=1S/C15H23N3O5/c1-14(2,3)22-12(20)17-11(8-19)10-7-18(9-16-10)13(21)23-15(4,5)6/h7-9,11H,1-6H3,(H,17,20). The Morgan fingerprint density at radius 3 is 2.22 bits per heavy atom. The smallest absolute Gasteiger partial charge is 0.419 e. The summed E-state index contributed by atoms with van der Waals surface area (Å²) >= 11 is 0. The fraction of sp³-hybridized carbons (Fsp3) is 0.600. The van der Waals surface area contributed by atoms with Crippen molar-refractivity contribution in [3.05, 3.63) is 18.2 Å². The summed E-state index contributed by atoms with van der Waals surface area (Å²) in [6, 6.07) is -1.02. The third kappa shape index (κ3) is 6.50. The van der Waals surface area contributed by atoms with Crippen LogP contribution in [0.2, 0.25) is 0 Å². The van der Waals surface area contributed by atoms with Crippen LogP contribution in [0.3, 0.4) is 0 Å². The van der Waals surface area contributed by atoms with E-state index in [9.17, 15) is 14.4 Å². The van der Waals surface area contributed by atoms with E-state index >= 15 is 0 Å². The molecular weight excluding hydrogens is 302 g/mol. The molecule has 1 aromatic rings. The Hall–Kier alpha value is -2.38. The third-order valence-corrected chi connectivity index (χ3v) is 2.33. The Bertz CT molecular complexity index is 581. The highest BCUT2D eigenvalue weighted by molar-refractivity contribution is 5.75. The number of aromatic nitrogens is 2. The second-order valence-corrected chi connectivity index (χ2v) is 6.95. The van der Waals surface area contributed by atoms with Crippen molar-refractivity contribution in [2.45, 2.75) is 58.8 Å². The molecule has 128 valence electrons. The van der Waals surface area contributed by atoms with Gasteiger partial charge in [-0.1, -0.05) is 0 Å². The number of hydrogen-bond donors (Lipinski definition) is 1. The largest absolute Gasteiger partial charge is 0.444 e. The molecule has 0 radical (unpaired) electrons. The topological polar surface area (TPSA) is 99.5 Å². The summed E-state index contributed by atoms with van der Waals surface area (Å²) in [5.41, 5.74) is -1.13. The zero-order valence-corrected chi connectivity index (χ0v) is 14.2. The lowest BCUT2D eigenvalue weighted by Gasteiger charge is -2.21. The number of carbonyl (C=O) groups is 3. The maximum absolute atomic E-state index is 11.9. The van der Waals surface area contributed by atoms with Gasteiger partial charge in [0.25, 0.3) is 0 Å². The summed E-state index contributed by atoms with van der Waals surface area (Å²) in [6.07, 6.45) is 1.67. The molecule has 1 aromatic heterocycles. The lowest BCUT2D eigenvalue weighted by Crippen LogP contribution is -2.35. The van der Waals surface area contributed by atoms with Crippen molar-refractivity contribution in [3.8, 4) is 0 Å². The summed E-state index contributed by atoms with van der Waals surface area (Å²) in [4.78, 5) is 38.7. The minimum absolute atomic E-state index is 0.205. The normalized spacial score (nSPS) is 13.1. The predicted molar refractivity (Wildman–Crippen MR) is 82.0 cm³/mol. The van der Waals surface area contributed by atoms with Crippen LogP contribution >= 0.6 is 0 Å². The van der Waals surface area contributed by atoms with Gasteiger partial charge in [-0.25, -0.2) is 19.1 Å². The number of rotatable bonds is 3. The van der Waals surface area contributed by atoms with E-state index in [2.05, 4.69) is 10.3 Å². The molecule has 0 bridgehead atoms. The van der Waals surface area contributed by atoms with Crippen molar-refractivity contribution < 1.29 is 23.9 Å². The molecule has 0 fully saturated rings. The molecule has 1 amide bonds. The molecule has 23 heavy (non-hydrogen) atoms. The molecule has 1 atom stereocenters. The van der Waals surface area contributed by atoms with Gasteiger partial charge in [0.05, 0.1) is 5.69 Å². The number of nitrogens with zero attached hydrogens (tertiary/aromatic N) is 2. The molecule has 0 aliphatic heterocycles. The van der Waals surface area contributed by atoms with E-state index in [1.807, 2.05) is 0 Å². The van der Waals surface area contributed by atoms with Crippen LogP contribution in [-0.4, -0.2) is 39.2 Å². The van der Waals surface area contributed by atoms with E-state index in [1.54, 1.807) is 41.5 Å². The number of nitrogens with one attached hydrogen (secondary N) is 1. The fourth-order valence-corrected chi connectivity index (χ4v) is 1.53. The number of amides is 1. The van der Waals surface area contributed by atoms with Crippen molar-refractivity contribution in [1.29, 1.82) is 0 Å². The van der Waals surface area contributed by atoms with Crippen LogP contribution in [0.4, 0.5) is 9.59 Å². The fourth-order valence-electron chi connectivity index (χ4n) is 1.53. The Morgan fingerprint density at radius 1 is 1.17 bits per heavy atom. The van der Waals surface area contributed by atoms with Crippen molar-refractivity contribution in [1.82, 2.24) is 14.9 Å². The van der Waals surface area contributed by atoms with Gasteiger partial charge in [-0.2, -0.15) is 0 Å². The van der Waals surface area contributed by atoms with Gasteiger partial charge in [-0.05, 0) is 41.5 Å². The number of aldehydes is 1. The Morgan fingerprint density at radius 2 is 1.74 bits per heavy atom. The lowest BCUT2D eigenvalue weighted by atomic mass is 10.2. The van der Waals surface area contributed by atoms with Crippen LogP contribution in [0.15, 0.2) is 12.5 Å². The van der Waals surface area contributed by atoms with Crippen LogP contribution in [0, 0.1) is 0 Å². The van der Waals surface area contributed by atoms with Crippen molar-refractivity contribution in [2.75, 3.05) is 0 Å². The lowest BCUT2D eigenvalue weighted by molar-refractivity contribution is -0.109. The molecule has 0 saturated carbocycles. The molecular formula is C15H23N3O5. The molecule has 1 rings (SSSR count). The average molecular weight is 325 g/mol. The van der Waals surface area contributed by atoms with Crippen molar-refractivity contribution in [3.63, 3.8) is 0 Å². The van der Waals surface area contributed by atoms with Crippen LogP contribution in [0.1, 0.15) is 53.3 Å². The predicted octanol–water partition coefficient (Wildman–Crippen LogP) is 2.43. The molecule has 0 aliphatic carbocycles. The van der Waals surface area contributed by atoms with Gasteiger partial charge < -0.3 is 19.6 Å². The molecule has 8 nitrogen and oxygen atoms in total. The van der Waals surface area contributed by atoms with Gasteiger partial charge in [0.1, 0.15) is 29.9 Å². The van der Waals surface area contributed by atoms with E-state index in [4.69, 9.17) is 9.47 Å². The van der Waals surface area contributed by atoms with Crippen molar-refractivity contribution in [2.24, 2.45) is 0 Å². The Kier molecular flexibility index (Phi) is 5.52. The minimum atomic E-state index is -1.02. The van der Waals surface area contributed by atoms with Crippen LogP contribution in [0.25, 0.3) is 0 Å². The van der Waals surface area contributed by atoms with Crippen LogP contribution in [-0.2, 0) is 14.3 Å². The van der Waals surface area contributed by atoms with Gasteiger partial charge in [0, 0.05) is 6.20 Å². The number of imidazole rings is 1. The zero-order chi connectivity index (χ0) is 17.8. The highest BCUT2D eigenvalue weighted by Crippen LogP contribution is 2.13. The number of ether oxygens (including phenoxy) is 2. The number of carbonyl (C=O) groups excluding carboxylic acids is 3. The van der Waals surface area contributed by atoms with E-state index in [1.165, 1.54) is 12.5 Å². The highest BCUT2D eigenvalue weighted by Gasteiger charge is 2.23. The number of hydrogen-bond acceptors (Lipinski definition) is 6. The molecule has 0 saturated heterocycles. The van der Waals surface area contributed by atoms with Crippen molar-refractivity contribution >= 4 is 18.5 Å². The van der Waals surface area contributed by atoms with E-state index in [-0.39, 0.29) is 5.69 Å². The quantitative estimate of drug-likeness (QED) is 0.857. The monoisotopic (exact) mass is 325 g/mol. The van der Waals surface area contributed by atoms with Gasteiger partial charge in [-0.3, -0.25) is 0 Å². The molecule has 1 unspecified atom stereocenters. The first-order chi connectivity index (χ1) is 10.4. The molecule has 1 heterocycles. The first kappa shape index (κ1) is 18.7. The second kappa shape index (κ2) is 6.80. The molecule has 1 N–H and O–H groups in total. The molecule has 8 heteroatoms. The van der Waals surface area contributed by atoms with Crippen LogP contribution < -0.4 is 5.32 Å². The maximum Gasteiger partial charge on any atom is 0.419 e. The van der Waals surface area contributed by atoms with Crippen LogP contribution in [0.5, 0.6) is 0 Å². The Balaban J connectivity index is 2.79. The summed E-state index contributed by atoms with van der Waals surface area (Å²) in [6.45, 7) is 10.3. The molecule has 0 aromatic carbocycles. The van der Waals surface area contributed by atoms with Gasteiger partial charge in [0.2, 0.25) is 0 Å². The SMILES string of the molecule is CC(C)(C)OC(=O)NC(C=O)c1cn(C(=O)OC(C)(C)C)cn1. The summed E-state index contributed by atoms with van der Waals surface area (Å²) in [5.74, 6) is 0. The minimum Gasteiger partial charge on any atom is -0.444 e. The van der Waals surface area contributed by atoms with E-state index < -0.39 is 29.4 Å². The van der Waals surface area contributed by atoms with Gasteiger partial charge >= 0.3 is 12.2 Å². The molecule has 0 spiro atoms. The van der Waals surface area contributed by atoms with Gasteiger partial charge in [-0.15, -0.1) is 0 Å². The van der Waals surface area contributed by atoms with E-state index in [0.29, 0.717) is 6.29 Å². The number of alkyl carbamates (subject to hydrolysis) is 1. The maximum atomic E-state index is 11.9. The van der Waals surface area contributed by atoms with E-state index in [0.717, 1.165) is 4.57 Å². The summed E-state index contributed by atoms with van der Waals surface area (Å²) < 4.78 is 11.4. The average Bonchev–Trinajstić information content (AvgIpc) is 2.81. The first-order valence-electron chi connectivity index (χ1n) is 7.13. The van der Waals surface area contributed by atoms with Gasteiger partial charge in [0.15, 0.2) is 0 Å². The second-order valence-electron chi connectivity index (χ2n) is 6.95. The third-order valence-electron chi connectivity index (χ3n) is 2.33. The Labute approximate surface area is 135 Å². The summed E-state index contributed by atoms with van der Waals surface area (Å²) in [7, 11) is 0. The molecule has 0 aliphatic rings. The summed E-state index contributed by atoms with van der Waals surface area (Å²) in [5, 5.41) is 2.38.